The van der Waals surface area contributed by atoms with Crippen LogP contribution in [-0.4, -0.2) is 68.8 Å². The Balaban J connectivity index is 1.34. The lowest BCUT2D eigenvalue weighted by atomic mass is 10.1. The maximum atomic E-state index is 13.3. The third kappa shape index (κ3) is 4.91. The van der Waals surface area contributed by atoms with Gasteiger partial charge in [-0.3, -0.25) is 9.48 Å². The van der Waals surface area contributed by atoms with Crippen LogP contribution in [0.5, 0.6) is 0 Å². The number of piperazine rings is 1. The quantitative estimate of drug-likeness (QED) is 0.450. The van der Waals surface area contributed by atoms with Gasteiger partial charge in [-0.1, -0.05) is 37.4 Å². The average molecular weight is 510 g/mol. The zero-order valence-electron chi connectivity index (χ0n) is 20.8. The van der Waals surface area contributed by atoms with E-state index in [1.54, 1.807) is 21.9 Å². The van der Waals surface area contributed by atoms with Gasteiger partial charge in [-0.25, -0.2) is 9.78 Å². The molecule has 1 aromatic carbocycles. The van der Waals surface area contributed by atoms with Crippen molar-refractivity contribution in [2.75, 3.05) is 26.2 Å². The number of carbonyl (C=O) groups excluding carboxylic acids is 2. The zero-order valence-corrected chi connectivity index (χ0v) is 21.6. The molecule has 0 unspecified atom stereocenters. The van der Waals surface area contributed by atoms with Gasteiger partial charge in [0.05, 0.1) is 35.1 Å². The van der Waals surface area contributed by atoms with E-state index in [4.69, 9.17) is 21.3 Å². The van der Waals surface area contributed by atoms with E-state index >= 15 is 0 Å². The molecule has 1 aliphatic carbocycles. The number of fused-ring (bicyclic) bond motifs is 1. The van der Waals surface area contributed by atoms with Crippen molar-refractivity contribution in [2.24, 2.45) is 0 Å². The molecule has 1 saturated heterocycles. The molecular formula is C27H32ClN5O3. The van der Waals surface area contributed by atoms with Crippen LogP contribution < -0.4 is 0 Å². The van der Waals surface area contributed by atoms with E-state index in [0.29, 0.717) is 48.4 Å². The fourth-order valence-electron chi connectivity index (χ4n) is 5.17. The molecule has 0 bridgehead atoms. The molecule has 9 heteroatoms. The number of hydrogen-bond acceptors (Lipinski definition) is 5. The fraction of sp³-hybridized carbons (Fsp3) is 0.481. The Kier molecular flexibility index (Phi) is 7.14. The molecule has 3 aromatic rings. The first-order chi connectivity index (χ1) is 17.4. The summed E-state index contributed by atoms with van der Waals surface area (Å²) in [6.45, 7) is 5.66. The van der Waals surface area contributed by atoms with Crippen molar-refractivity contribution >= 4 is 34.5 Å². The summed E-state index contributed by atoms with van der Waals surface area (Å²) >= 11 is 6.62. The van der Waals surface area contributed by atoms with E-state index in [2.05, 4.69) is 5.10 Å². The van der Waals surface area contributed by atoms with E-state index in [1.165, 1.54) is 12.8 Å². The number of benzene rings is 1. The third-order valence-corrected chi connectivity index (χ3v) is 7.49. The topological polar surface area (TPSA) is 80.6 Å². The number of amides is 2. The molecule has 1 aliphatic heterocycles. The largest absolute Gasteiger partial charge is 0.449 e. The molecule has 2 fully saturated rings. The summed E-state index contributed by atoms with van der Waals surface area (Å²) in [5, 5.41) is 5.96. The predicted octanol–water partition coefficient (Wildman–Crippen LogP) is 5.56. The van der Waals surface area contributed by atoms with Gasteiger partial charge in [-0.15, -0.1) is 0 Å². The van der Waals surface area contributed by atoms with Crippen LogP contribution in [0.25, 0.3) is 22.2 Å². The monoisotopic (exact) mass is 509 g/mol. The SMILES string of the molecule is CCCOC(=O)N1CCN(C(=O)c2ccc3c(Cl)cc(-c4cnn(C5CCCC5)c4)nc3c2)C[C@H]1C. The second-order valence-corrected chi connectivity index (χ2v) is 10.2. The Morgan fingerprint density at radius 2 is 1.97 bits per heavy atom. The molecule has 36 heavy (non-hydrogen) atoms. The second-order valence-electron chi connectivity index (χ2n) is 9.78. The summed E-state index contributed by atoms with van der Waals surface area (Å²) in [5.41, 5.74) is 2.89. The van der Waals surface area contributed by atoms with Gasteiger partial charge in [-0.2, -0.15) is 5.10 Å². The van der Waals surface area contributed by atoms with Gasteiger partial charge in [0.25, 0.3) is 5.91 Å². The smallest absolute Gasteiger partial charge is 0.410 e. The molecule has 0 N–H and O–H groups in total. The van der Waals surface area contributed by atoms with Crippen LogP contribution in [-0.2, 0) is 4.74 Å². The Labute approximate surface area is 216 Å². The molecule has 8 nitrogen and oxygen atoms in total. The maximum Gasteiger partial charge on any atom is 0.410 e. The van der Waals surface area contributed by atoms with Crippen LogP contribution in [0.3, 0.4) is 0 Å². The van der Waals surface area contributed by atoms with Gasteiger partial charge in [-0.05, 0) is 44.4 Å². The highest BCUT2D eigenvalue weighted by Crippen LogP contribution is 2.32. The number of nitrogens with zero attached hydrogens (tertiary/aromatic N) is 5. The second kappa shape index (κ2) is 10.5. The van der Waals surface area contributed by atoms with Crippen molar-refractivity contribution in [1.29, 1.82) is 0 Å². The van der Waals surface area contributed by atoms with E-state index in [1.807, 2.05) is 43.1 Å². The molecule has 2 aromatic heterocycles. The number of carbonyl (C=O) groups is 2. The van der Waals surface area contributed by atoms with Crippen molar-refractivity contribution < 1.29 is 14.3 Å². The number of pyridine rings is 1. The van der Waals surface area contributed by atoms with Crippen molar-refractivity contribution in [3.8, 4) is 11.3 Å². The van der Waals surface area contributed by atoms with Gasteiger partial charge >= 0.3 is 6.09 Å². The molecule has 1 saturated carbocycles. The van der Waals surface area contributed by atoms with Crippen LogP contribution >= 0.6 is 11.6 Å². The fourth-order valence-corrected chi connectivity index (χ4v) is 5.44. The first-order valence-electron chi connectivity index (χ1n) is 12.8. The molecule has 5 rings (SSSR count). The first-order valence-corrected chi connectivity index (χ1v) is 13.2. The molecule has 2 amide bonds. The number of aromatic nitrogens is 3. The van der Waals surface area contributed by atoms with Crippen LogP contribution in [0.4, 0.5) is 4.79 Å². The Morgan fingerprint density at radius 3 is 2.72 bits per heavy atom. The molecule has 3 heterocycles. The van der Waals surface area contributed by atoms with E-state index in [0.717, 1.165) is 35.9 Å². The summed E-state index contributed by atoms with van der Waals surface area (Å²) in [4.78, 5) is 33.9. The minimum atomic E-state index is -0.315. The van der Waals surface area contributed by atoms with Gasteiger partial charge in [0, 0.05) is 48.4 Å². The Bertz CT molecular complexity index is 1270. The number of halogens is 1. The molecule has 190 valence electrons. The van der Waals surface area contributed by atoms with Crippen LogP contribution in [0, 0.1) is 0 Å². The standard InChI is InChI=1S/C27H32ClN5O3/c1-3-12-36-27(35)32-11-10-31(16-18(32)2)26(34)19-8-9-22-23(28)14-24(30-25(22)13-19)20-15-29-33(17-20)21-6-4-5-7-21/h8-9,13-15,17-18,21H,3-7,10-12,16H2,1-2H3/t18-/m1/s1. The van der Waals surface area contributed by atoms with Gasteiger partial charge < -0.3 is 14.5 Å². The van der Waals surface area contributed by atoms with Crippen molar-refractivity contribution in [3.63, 3.8) is 0 Å². The molecule has 1 atom stereocenters. The average Bonchev–Trinajstić information content (AvgIpc) is 3.59. The van der Waals surface area contributed by atoms with Crippen LogP contribution in [0.1, 0.15) is 62.4 Å². The number of hydrogen-bond donors (Lipinski definition) is 0. The van der Waals surface area contributed by atoms with E-state index in [9.17, 15) is 9.59 Å². The van der Waals surface area contributed by atoms with Gasteiger partial charge in [0.1, 0.15) is 0 Å². The molecule has 2 aliphatic rings. The maximum absolute atomic E-state index is 13.3. The van der Waals surface area contributed by atoms with Crippen molar-refractivity contribution in [2.45, 2.75) is 58.0 Å². The summed E-state index contributed by atoms with van der Waals surface area (Å²) in [7, 11) is 0. The van der Waals surface area contributed by atoms with Gasteiger partial charge in [0.15, 0.2) is 0 Å². The number of rotatable bonds is 5. The lowest BCUT2D eigenvalue weighted by Gasteiger charge is -2.39. The third-order valence-electron chi connectivity index (χ3n) is 7.18. The number of ether oxygens (including phenoxy) is 1. The molecular weight excluding hydrogens is 478 g/mol. The summed E-state index contributed by atoms with van der Waals surface area (Å²) in [6, 6.07) is 7.65. The minimum absolute atomic E-state index is 0.0808. The highest BCUT2D eigenvalue weighted by atomic mass is 35.5. The Hall–Kier alpha value is -3.13. The lowest BCUT2D eigenvalue weighted by molar-refractivity contribution is 0.0412. The normalized spacial score (nSPS) is 18.7. The van der Waals surface area contributed by atoms with Crippen molar-refractivity contribution in [1.82, 2.24) is 24.6 Å². The first kappa shape index (κ1) is 24.6. The summed E-state index contributed by atoms with van der Waals surface area (Å²) in [6.07, 6.45) is 9.15. The van der Waals surface area contributed by atoms with Crippen LogP contribution in [0.2, 0.25) is 5.02 Å². The predicted molar refractivity (Wildman–Crippen MR) is 139 cm³/mol. The lowest BCUT2D eigenvalue weighted by Crippen LogP contribution is -2.55. The summed E-state index contributed by atoms with van der Waals surface area (Å²) in [5.74, 6) is -0.0808. The van der Waals surface area contributed by atoms with Crippen molar-refractivity contribution in [3.05, 3.63) is 47.2 Å². The highest BCUT2D eigenvalue weighted by molar-refractivity contribution is 6.35. The molecule has 0 radical (unpaired) electrons. The highest BCUT2D eigenvalue weighted by Gasteiger charge is 2.31. The minimum Gasteiger partial charge on any atom is -0.449 e. The van der Waals surface area contributed by atoms with E-state index < -0.39 is 0 Å². The van der Waals surface area contributed by atoms with E-state index in [-0.39, 0.29) is 18.0 Å². The summed E-state index contributed by atoms with van der Waals surface area (Å²) < 4.78 is 7.32. The van der Waals surface area contributed by atoms with Gasteiger partial charge in [0.2, 0.25) is 0 Å². The van der Waals surface area contributed by atoms with Crippen LogP contribution in [0.15, 0.2) is 36.7 Å². The molecule has 0 spiro atoms. The zero-order chi connectivity index (χ0) is 25.2. The Morgan fingerprint density at radius 1 is 1.17 bits per heavy atom.